The number of hydrogen-bond acceptors (Lipinski definition) is 3. The Kier molecular flexibility index (Phi) is 4.51. The van der Waals surface area contributed by atoms with Gasteiger partial charge in [-0.1, -0.05) is 30.3 Å². The zero-order valence-electron chi connectivity index (χ0n) is 9.92. The Balaban J connectivity index is 2.47. The summed E-state index contributed by atoms with van der Waals surface area (Å²) in [6.07, 6.45) is -0.569. The molecule has 1 unspecified atom stereocenters. The molecule has 5 heteroatoms. The van der Waals surface area contributed by atoms with Crippen LogP contribution in [0.4, 0.5) is 4.79 Å². The Morgan fingerprint density at radius 3 is 2.47 bits per heavy atom. The lowest BCUT2D eigenvalue weighted by Gasteiger charge is -2.21. The summed E-state index contributed by atoms with van der Waals surface area (Å²) in [5.41, 5.74) is 5.98. The Hall–Kier alpha value is -2.04. The minimum absolute atomic E-state index is 0.176. The van der Waals surface area contributed by atoms with Gasteiger partial charge in [0.2, 0.25) is 5.91 Å². The summed E-state index contributed by atoms with van der Waals surface area (Å²) in [5.74, 6) is -0.566. The Morgan fingerprint density at radius 1 is 1.35 bits per heavy atom. The number of carbonyl (C=O) groups is 2. The number of nitrogens with zero attached hydrogens (tertiary/aromatic N) is 1. The fourth-order valence-corrected chi connectivity index (χ4v) is 1.17. The molecule has 0 saturated carbocycles. The van der Waals surface area contributed by atoms with Gasteiger partial charge >= 0.3 is 6.09 Å². The Labute approximate surface area is 100 Å². The number of ether oxygens (including phenoxy) is 1. The summed E-state index contributed by atoms with van der Waals surface area (Å²) in [4.78, 5) is 23.6. The van der Waals surface area contributed by atoms with Crippen molar-refractivity contribution in [1.29, 1.82) is 0 Å². The largest absolute Gasteiger partial charge is 0.445 e. The van der Waals surface area contributed by atoms with Crippen molar-refractivity contribution in [3.05, 3.63) is 35.9 Å². The fourth-order valence-electron chi connectivity index (χ4n) is 1.17. The van der Waals surface area contributed by atoms with Crippen molar-refractivity contribution in [2.24, 2.45) is 5.73 Å². The molecule has 0 aliphatic carbocycles. The molecule has 0 aliphatic heterocycles. The Bertz CT molecular complexity index is 392. The van der Waals surface area contributed by atoms with Gasteiger partial charge in [-0.3, -0.25) is 9.69 Å². The zero-order valence-corrected chi connectivity index (χ0v) is 9.92. The molecule has 0 saturated heterocycles. The van der Waals surface area contributed by atoms with Gasteiger partial charge in [0.05, 0.1) is 0 Å². The number of rotatable bonds is 4. The average molecular weight is 236 g/mol. The topological polar surface area (TPSA) is 72.6 Å². The van der Waals surface area contributed by atoms with Crippen molar-refractivity contribution in [3.63, 3.8) is 0 Å². The molecule has 0 aliphatic rings. The van der Waals surface area contributed by atoms with Gasteiger partial charge in [-0.15, -0.1) is 0 Å². The number of nitrogens with two attached hydrogens (primary N) is 1. The van der Waals surface area contributed by atoms with E-state index in [2.05, 4.69) is 0 Å². The second kappa shape index (κ2) is 5.89. The number of hydrogen-bond donors (Lipinski definition) is 1. The predicted octanol–water partition coefficient (Wildman–Crippen LogP) is 1.13. The first-order valence-corrected chi connectivity index (χ1v) is 5.25. The fraction of sp³-hybridized carbons (Fsp3) is 0.333. The summed E-state index contributed by atoms with van der Waals surface area (Å²) in [6, 6.07) is 8.62. The first-order valence-electron chi connectivity index (χ1n) is 5.25. The summed E-state index contributed by atoms with van der Waals surface area (Å²) in [6.45, 7) is 1.72. The molecule has 1 rings (SSSR count). The summed E-state index contributed by atoms with van der Waals surface area (Å²) in [7, 11) is 1.47. The van der Waals surface area contributed by atoms with E-state index in [0.29, 0.717) is 0 Å². The van der Waals surface area contributed by atoms with Crippen molar-refractivity contribution >= 4 is 12.0 Å². The second-order valence-corrected chi connectivity index (χ2v) is 3.73. The van der Waals surface area contributed by atoms with Gasteiger partial charge in [-0.2, -0.15) is 0 Å². The molecule has 0 spiro atoms. The molecular weight excluding hydrogens is 220 g/mol. The molecule has 1 aromatic rings. The monoisotopic (exact) mass is 236 g/mol. The molecule has 0 fully saturated rings. The van der Waals surface area contributed by atoms with Crippen molar-refractivity contribution in [2.45, 2.75) is 19.6 Å². The van der Waals surface area contributed by atoms with E-state index in [-0.39, 0.29) is 6.61 Å². The van der Waals surface area contributed by atoms with Gasteiger partial charge in [0, 0.05) is 7.05 Å². The molecule has 0 radical (unpaired) electrons. The highest BCUT2D eigenvalue weighted by molar-refractivity contribution is 5.83. The maximum absolute atomic E-state index is 11.6. The third-order valence-corrected chi connectivity index (χ3v) is 2.49. The van der Waals surface area contributed by atoms with Crippen LogP contribution in [0.5, 0.6) is 0 Å². The lowest BCUT2D eigenvalue weighted by molar-refractivity contribution is -0.121. The van der Waals surface area contributed by atoms with Gasteiger partial charge < -0.3 is 10.5 Å². The lowest BCUT2D eigenvalue weighted by atomic mass is 10.2. The molecule has 0 bridgehead atoms. The standard InChI is InChI=1S/C12H16N2O3/c1-9(11(13)15)14(2)12(16)17-8-10-6-4-3-5-7-10/h3-7,9H,8H2,1-2H3,(H2,13,15). The maximum Gasteiger partial charge on any atom is 0.410 e. The lowest BCUT2D eigenvalue weighted by Crippen LogP contribution is -2.43. The maximum atomic E-state index is 11.6. The van der Waals surface area contributed by atoms with Crippen LogP contribution in [-0.4, -0.2) is 30.0 Å². The van der Waals surface area contributed by atoms with E-state index < -0.39 is 18.0 Å². The number of likely N-dealkylation sites (N-methyl/N-ethyl adjacent to an activating group) is 1. The van der Waals surface area contributed by atoms with E-state index >= 15 is 0 Å². The molecule has 17 heavy (non-hydrogen) atoms. The van der Waals surface area contributed by atoms with Crippen LogP contribution in [0.1, 0.15) is 12.5 Å². The van der Waals surface area contributed by atoms with Crippen LogP contribution in [0.15, 0.2) is 30.3 Å². The molecule has 5 nitrogen and oxygen atoms in total. The molecular formula is C12H16N2O3. The normalized spacial score (nSPS) is 11.6. The predicted molar refractivity (Wildman–Crippen MR) is 63.0 cm³/mol. The van der Waals surface area contributed by atoms with E-state index in [1.54, 1.807) is 6.92 Å². The number of amides is 2. The van der Waals surface area contributed by atoms with Crippen molar-refractivity contribution in [1.82, 2.24) is 4.90 Å². The van der Waals surface area contributed by atoms with Crippen LogP contribution in [0, 0.1) is 0 Å². The number of benzene rings is 1. The first-order chi connectivity index (χ1) is 8.02. The van der Waals surface area contributed by atoms with Gasteiger partial charge in [-0.05, 0) is 12.5 Å². The number of carbonyl (C=O) groups excluding carboxylic acids is 2. The third kappa shape index (κ3) is 3.79. The van der Waals surface area contributed by atoms with E-state index in [4.69, 9.17) is 10.5 Å². The molecule has 0 aromatic heterocycles. The molecule has 0 heterocycles. The van der Waals surface area contributed by atoms with Crippen LogP contribution in [-0.2, 0) is 16.1 Å². The minimum Gasteiger partial charge on any atom is -0.445 e. The SMILES string of the molecule is CC(C(N)=O)N(C)C(=O)OCc1ccccc1. The van der Waals surface area contributed by atoms with Crippen LogP contribution >= 0.6 is 0 Å². The molecule has 2 N–H and O–H groups in total. The summed E-state index contributed by atoms with van der Waals surface area (Å²) in [5, 5.41) is 0. The highest BCUT2D eigenvalue weighted by Gasteiger charge is 2.21. The summed E-state index contributed by atoms with van der Waals surface area (Å²) >= 11 is 0. The second-order valence-electron chi connectivity index (χ2n) is 3.73. The molecule has 1 atom stereocenters. The average Bonchev–Trinajstić information content (AvgIpc) is 2.35. The zero-order chi connectivity index (χ0) is 12.8. The third-order valence-electron chi connectivity index (χ3n) is 2.49. The first kappa shape index (κ1) is 13.0. The molecule has 92 valence electrons. The van der Waals surface area contributed by atoms with Gasteiger partial charge in [0.25, 0.3) is 0 Å². The highest BCUT2D eigenvalue weighted by atomic mass is 16.6. The van der Waals surface area contributed by atoms with Crippen molar-refractivity contribution in [2.75, 3.05) is 7.05 Å². The van der Waals surface area contributed by atoms with Crippen LogP contribution in [0.25, 0.3) is 0 Å². The highest BCUT2D eigenvalue weighted by Crippen LogP contribution is 2.04. The van der Waals surface area contributed by atoms with E-state index in [1.165, 1.54) is 11.9 Å². The van der Waals surface area contributed by atoms with Crippen molar-refractivity contribution in [3.8, 4) is 0 Å². The minimum atomic E-state index is -0.682. The van der Waals surface area contributed by atoms with Crippen LogP contribution in [0.2, 0.25) is 0 Å². The van der Waals surface area contributed by atoms with E-state index in [1.807, 2.05) is 30.3 Å². The van der Waals surface area contributed by atoms with Crippen molar-refractivity contribution < 1.29 is 14.3 Å². The Morgan fingerprint density at radius 2 is 1.94 bits per heavy atom. The van der Waals surface area contributed by atoms with Crippen LogP contribution < -0.4 is 5.73 Å². The van der Waals surface area contributed by atoms with Gasteiger partial charge in [0.15, 0.2) is 0 Å². The number of primary amides is 1. The van der Waals surface area contributed by atoms with E-state index in [0.717, 1.165) is 5.56 Å². The van der Waals surface area contributed by atoms with E-state index in [9.17, 15) is 9.59 Å². The smallest absolute Gasteiger partial charge is 0.410 e. The molecule has 1 aromatic carbocycles. The van der Waals surface area contributed by atoms with Gasteiger partial charge in [-0.25, -0.2) is 4.79 Å². The summed E-state index contributed by atoms with van der Waals surface area (Å²) < 4.78 is 5.04. The van der Waals surface area contributed by atoms with Gasteiger partial charge in [0.1, 0.15) is 12.6 Å². The van der Waals surface area contributed by atoms with Crippen LogP contribution in [0.3, 0.4) is 0 Å². The quantitative estimate of drug-likeness (QED) is 0.851. The molecule has 2 amide bonds.